The molecule has 23 heavy (non-hydrogen) atoms. The first-order valence-corrected chi connectivity index (χ1v) is 8.69. The van der Waals surface area contributed by atoms with Crippen LogP contribution in [0.3, 0.4) is 0 Å². The number of nitrogens with zero attached hydrogens (tertiary/aromatic N) is 1. The molecule has 1 aliphatic carbocycles. The topological polar surface area (TPSA) is 64.9 Å². The minimum absolute atomic E-state index is 0.0140. The molecule has 2 atom stereocenters. The van der Waals surface area contributed by atoms with Crippen molar-refractivity contribution in [2.24, 2.45) is 5.92 Å². The predicted molar refractivity (Wildman–Crippen MR) is 90.5 cm³/mol. The monoisotopic (exact) mass is 323 g/mol. The van der Waals surface area contributed by atoms with Gasteiger partial charge < -0.3 is 10.6 Å². The number of benzene rings is 1. The smallest absolute Gasteiger partial charge is 0.256 e. The average molecular weight is 323 g/mol. The van der Waals surface area contributed by atoms with E-state index in [1.807, 2.05) is 12.1 Å². The van der Waals surface area contributed by atoms with Crippen LogP contribution >= 0.6 is 11.3 Å². The highest BCUT2D eigenvalue weighted by Gasteiger charge is 2.32. The van der Waals surface area contributed by atoms with E-state index < -0.39 is 0 Å². The van der Waals surface area contributed by atoms with Crippen LogP contribution in [0.5, 0.6) is 0 Å². The van der Waals surface area contributed by atoms with Crippen molar-refractivity contribution in [1.82, 2.24) is 5.32 Å². The Labute approximate surface area is 139 Å². The Morgan fingerprint density at radius 1 is 1.26 bits per heavy atom. The number of carbonyl (C=O) groups excluding carboxylic acids is 1. The van der Waals surface area contributed by atoms with Gasteiger partial charge in [-0.15, -0.1) is 11.3 Å². The number of amides is 1. The number of hydrogen-bond donors (Lipinski definition) is 2. The number of nitriles is 1. The van der Waals surface area contributed by atoms with Crippen LogP contribution in [0.1, 0.15) is 51.4 Å². The number of nitrogens with one attached hydrogen (secondary N) is 2. The van der Waals surface area contributed by atoms with Crippen LogP contribution < -0.4 is 10.6 Å². The van der Waals surface area contributed by atoms with Crippen LogP contribution in [0, 0.1) is 17.2 Å². The summed E-state index contributed by atoms with van der Waals surface area (Å²) in [7, 11) is 0. The molecule has 0 bridgehead atoms. The van der Waals surface area contributed by atoms with Crippen molar-refractivity contribution in [3.8, 4) is 6.07 Å². The number of fused-ring (bicyclic) bond motifs is 3. The van der Waals surface area contributed by atoms with Crippen molar-refractivity contribution in [2.75, 3.05) is 5.32 Å². The largest absolute Gasteiger partial charge is 0.353 e. The molecule has 2 aliphatic rings. The molecule has 4 rings (SSSR count). The van der Waals surface area contributed by atoms with Crippen molar-refractivity contribution >= 4 is 22.2 Å². The fourth-order valence-electron chi connectivity index (χ4n) is 3.38. The molecule has 0 unspecified atom stereocenters. The van der Waals surface area contributed by atoms with Gasteiger partial charge in [-0.25, -0.2) is 0 Å². The Morgan fingerprint density at radius 2 is 2.04 bits per heavy atom. The minimum atomic E-state index is -0.236. The molecule has 0 saturated heterocycles. The first kappa shape index (κ1) is 14.3. The lowest BCUT2D eigenvalue weighted by Gasteiger charge is -2.27. The fraction of sp³-hybridized carbons (Fsp3) is 0.333. The fourth-order valence-corrected chi connectivity index (χ4v) is 4.82. The van der Waals surface area contributed by atoms with E-state index in [1.54, 1.807) is 23.5 Å². The van der Waals surface area contributed by atoms with Crippen molar-refractivity contribution in [1.29, 1.82) is 5.26 Å². The maximum atomic E-state index is 12.6. The third-order valence-corrected chi connectivity index (χ3v) is 5.85. The lowest BCUT2D eigenvalue weighted by molar-refractivity contribution is 0.0935. The van der Waals surface area contributed by atoms with Crippen molar-refractivity contribution in [2.45, 2.75) is 32.4 Å². The predicted octanol–water partition coefficient (Wildman–Crippen LogP) is 3.60. The van der Waals surface area contributed by atoms with Crippen LogP contribution in [0.25, 0.3) is 0 Å². The normalized spacial score (nSPS) is 22.3. The number of carbonyl (C=O) groups is 1. The van der Waals surface area contributed by atoms with Crippen LogP contribution in [-0.4, -0.2) is 5.91 Å². The van der Waals surface area contributed by atoms with Crippen LogP contribution in [0.4, 0.5) is 5.00 Å². The van der Waals surface area contributed by atoms with Gasteiger partial charge in [-0.2, -0.15) is 5.26 Å². The molecule has 0 saturated carbocycles. The summed E-state index contributed by atoms with van der Waals surface area (Å²) >= 11 is 1.73. The number of thiophene rings is 1. The molecule has 0 radical (unpaired) electrons. The Balaban J connectivity index is 1.67. The maximum Gasteiger partial charge on any atom is 0.256 e. The maximum absolute atomic E-state index is 12.6. The SMILES string of the molecule is C[C@H]1CCc2c(sc3c2C(=O)N[C@@H](c2ccc(C#N)cc2)N3)C1. The van der Waals surface area contributed by atoms with Crippen molar-refractivity contribution < 1.29 is 4.79 Å². The Morgan fingerprint density at radius 3 is 2.78 bits per heavy atom. The van der Waals surface area contributed by atoms with Crippen LogP contribution in [0.15, 0.2) is 24.3 Å². The summed E-state index contributed by atoms with van der Waals surface area (Å²) in [6, 6.07) is 9.44. The Kier molecular flexibility index (Phi) is 3.35. The van der Waals surface area contributed by atoms with E-state index in [2.05, 4.69) is 23.6 Å². The van der Waals surface area contributed by atoms with Gasteiger partial charge in [0.25, 0.3) is 5.91 Å². The molecule has 2 heterocycles. The molecule has 0 spiro atoms. The van der Waals surface area contributed by atoms with Gasteiger partial charge in [0.15, 0.2) is 0 Å². The Bertz CT molecular complexity index is 816. The van der Waals surface area contributed by atoms with Crippen molar-refractivity contribution in [3.05, 3.63) is 51.4 Å². The molecule has 2 N–H and O–H groups in total. The zero-order valence-electron chi connectivity index (χ0n) is 12.8. The van der Waals surface area contributed by atoms with Gasteiger partial charge in [-0.3, -0.25) is 4.79 Å². The molecule has 0 fully saturated rings. The second-order valence-electron chi connectivity index (χ2n) is 6.34. The number of anilines is 1. The van der Waals surface area contributed by atoms with Crippen LogP contribution in [0.2, 0.25) is 0 Å². The molecular weight excluding hydrogens is 306 g/mol. The average Bonchev–Trinajstić information content (AvgIpc) is 2.92. The van der Waals surface area contributed by atoms with Crippen molar-refractivity contribution in [3.63, 3.8) is 0 Å². The second kappa shape index (κ2) is 5.39. The molecule has 2 aromatic rings. The van der Waals surface area contributed by atoms with Gasteiger partial charge in [0, 0.05) is 4.88 Å². The first-order chi connectivity index (χ1) is 11.2. The summed E-state index contributed by atoms with van der Waals surface area (Å²) in [5, 5.41) is 16.4. The molecular formula is C18H17N3OS. The van der Waals surface area contributed by atoms with Gasteiger partial charge in [0.2, 0.25) is 0 Å². The van der Waals surface area contributed by atoms with E-state index in [1.165, 1.54) is 10.4 Å². The molecule has 5 heteroatoms. The summed E-state index contributed by atoms with van der Waals surface area (Å²) in [6.45, 7) is 2.27. The van der Waals surface area contributed by atoms with E-state index in [0.717, 1.165) is 35.4 Å². The van der Waals surface area contributed by atoms with Gasteiger partial charge in [-0.05, 0) is 48.4 Å². The van der Waals surface area contributed by atoms with Gasteiger partial charge in [-0.1, -0.05) is 19.1 Å². The molecule has 1 aliphatic heterocycles. The number of hydrogen-bond acceptors (Lipinski definition) is 4. The highest BCUT2D eigenvalue weighted by atomic mass is 32.1. The molecule has 1 amide bonds. The molecule has 116 valence electrons. The Hall–Kier alpha value is -2.32. The summed E-state index contributed by atoms with van der Waals surface area (Å²) in [5.74, 6) is 0.708. The third-order valence-electron chi connectivity index (χ3n) is 4.66. The minimum Gasteiger partial charge on any atom is -0.353 e. The zero-order valence-corrected chi connectivity index (χ0v) is 13.7. The zero-order chi connectivity index (χ0) is 16.0. The van der Waals surface area contributed by atoms with E-state index >= 15 is 0 Å². The molecule has 4 nitrogen and oxygen atoms in total. The van der Waals surface area contributed by atoms with E-state index in [0.29, 0.717) is 11.5 Å². The quantitative estimate of drug-likeness (QED) is 0.843. The molecule has 1 aromatic carbocycles. The van der Waals surface area contributed by atoms with E-state index in [9.17, 15) is 4.79 Å². The highest BCUT2D eigenvalue weighted by molar-refractivity contribution is 7.16. The summed E-state index contributed by atoms with van der Waals surface area (Å²) in [4.78, 5) is 14.0. The molecule has 1 aromatic heterocycles. The lowest BCUT2D eigenvalue weighted by Crippen LogP contribution is -2.38. The lowest BCUT2D eigenvalue weighted by atomic mass is 9.88. The highest BCUT2D eigenvalue weighted by Crippen LogP contribution is 2.42. The van der Waals surface area contributed by atoms with E-state index in [-0.39, 0.29) is 12.1 Å². The second-order valence-corrected chi connectivity index (χ2v) is 7.45. The summed E-state index contributed by atoms with van der Waals surface area (Å²) in [5.41, 5.74) is 3.67. The summed E-state index contributed by atoms with van der Waals surface area (Å²) in [6.07, 6.45) is 2.99. The van der Waals surface area contributed by atoms with Gasteiger partial charge in [0.1, 0.15) is 11.2 Å². The summed E-state index contributed by atoms with van der Waals surface area (Å²) < 4.78 is 0. The van der Waals surface area contributed by atoms with E-state index in [4.69, 9.17) is 5.26 Å². The standard InChI is InChI=1S/C18H17N3OS/c1-10-2-7-13-14(8-10)23-18-15(13)17(22)20-16(21-18)12-5-3-11(9-19)4-6-12/h3-6,10,16,21H,2,7-8H2,1H3,(H,20,22)/t10-,16+/m0/s1. The first-order valence-electron chi connectivity index (χ1n) is 7.87. The van der Waals surface area contributed by atoms with Gasteiger partial charge in [0.05, 0.1) is 17.2 Å². The van der Waals surface area contributed by atoms with Gasteiger partial charge >= 0.3 is 0 Å². The van der Waals surface area contributed by atoms with Crippen LogP contribution in [-0.2, 0) is 12.8 Å². The number of rotatable bonds is 1. The third kappa shape index (κ3) is 2.40.